The molecule has 0 spiro atoms. The molecule has 104 valence electrons. The smallest absolute Gasteiger partial charge is 0.342 e. The molecule has 0 radical (unpaired) electrons. The molecule has 20 heavy (non-hydrogen) atoms. The maximum absolute atomic E-state index is 12.1. The summed E-state index contributed by atoms with van der Waals surface area (Å²) in [6.45, 7) is 2.05. The van der Waals surface area contributed by atoms with Crippen molar-refractivity contribution in [2.75, 3.05) is 0 Å². The van der Waals surface area contributed by atoms with Gasteiger partial charge < -0.3 is 9.84 Å². The number of para-hydroxylation sites is 1. The van der Waals surface area contributed by atoms with Gasteiger partial charge in [-0.05, 0) is 24.1 Å². The van der Waals surface area contributed by atoms with Crippen LogP contribution in [0.3, 0.4) is 0 Å². The normalized spacial score (nSPS) is 11.8. The number of aromatic hydroxyl groups is 1. The van der Waals surface area contributed by atoms with Gasteiger partial charge in [0.05, 0.1) is 0 Å². The van der Waals surface area contributed by atoms with E-state index in [9.17, 15) is 9.90 Å². The number of ether oxygens (including phenoxy) is 1. The molecule has 2 aromatic carbocycles. The molecule has 3 heteroatoms. The zero-order valence-electron chi connectivity index (χ0n) is 11.5. The molecule has 0 amide bonds. The van der Waals surface area contributed by atoms with Crippen LogP contribution in [0.15, 0.2) is 54.6 Å². The highest BCUT2D eigenvalue weighted by atomic mass is 16.5. The standard InChI is InChI=1S/C17H18O3/c1-2-8-16(13-9-4-3-5-10-13)20-17(19)14-11-6-7-12-15(14)18/h3-7,9-12,16,18H,2,8H2,1H3. The van der Waals surface area contributed by atoms with Crippen molar-refractivity contribution in [1.82, 2.24) is 0 Å². The molecule has 3 nitrogen and oxygen atoms in total. The van der Waals surface area contributed by atoms with Gasteiger partial charge in [0.15, 0.2) is 0 Å². The molecule has 0 aliphatic heterocycles. The highest BCUT2D eigenvalue weighted by Gasteiger charge is 2.19. The topological polar surface area (TPSA) is 46.5 Å². The summed E-state index contributed by atoms with van der Waals surface area (Å²) in [5.74, 6) is -0.550. The second-order valence-corrected chi connectivity index (χ2v) is 4.61. The zero-order valence-corrected chi connectivity index (χ0v) is 11.5. The lowest BCUT2D eigenvalue weighted by Gasteiger charge is -2.18. The minimum atomic E-state index is -0.495. The van der Waals surface area contributed by atoms with Crippen molar-refractivity contribution in [1.29, 1.82) is 0 Å². The molecule has 2 rings (SSSR count). The summed E-state index contributed by atoms with van der Waals surface area (Å²) < 4.78 is 5.54. The Morgan fingerprint density at radius 2 is 1.75 bits per heavy atom. The fourth-order valence-electron chi connectivity index (χ4n) is 2.06. The second kappa shape index (κ2) is 6.75. The fraction of sp³-hybridized carbons (Fsp3) is 0.235. The summed E-state index contributed by atoms with van der Waals surface area (Å²) in [7, 11) is 0. The van der Waals surface area contributed by atoms with Crippen LogP contribution in [0.5, 0.6) is 5.75 Å². The third kappa shape index (κ3) is 3.38. The molecule has 0 bridgehead atoms. The van der Waals surface area contributed by atoms with E-state index in [1.54, 1.807) is 18.2 Å². The van der Waals surface area contributed by atoms with Crippen LogP contribution in [0.25, 0.3) is 0 Å². The summed E-state index contributed by atoms with van der Waals surface area (Å²) in [4.78, 5) is 12.1. The summed E-state index contributed by atoms with van der Waals surface area (Å²) in [6.07, 6.45) is 1.38. The number of carbonyl (C=O) groups excluding carboxylic acids is 1. The van der Waals surface area contributed by atoms with Crippen molar-refractivity contribution in [3.05, 3.63) is 65.7 Å². The maximum Gasteiger partial charge on any atom is 0.342 e. The van der Waals surface area contributed by atoms with Gasteiger partial charge in [-0.25, -0.2) is 4.79 Å². The van der Waals surface area contributed by atoms with Gasteiger partial charge in [0.25, 0.3) is 0 Å². The van der Waals surface area contributed by atoms with E-state index in [0.717, 1.165) is 18.4 Å². The average molecular weight is 270 g/mol. The maximum atomic E-state index is 12.1. The van der Waals surface area contributed by atoms with E-state index < -0.39 is 5.97 Å². The molecule has 0 saturated carbocycles. The number of rotatable bonds is 5. The number of phenolic OH excluding ortho intramolecular Hbond substituents is 1. The first-order valence-corrected chi connectivity index (χ1v) is 6.76. The summed E-state index contributed by atoms with van der Waals surface area (Å²) in [5.41, 5.74) is 1.17. The minimum Gasteiger partial charge on any atom is -0.507 e. The largest absolute Gasteiger partial charge is 0.507 e. The van der Waals surface area contributed by atoms with E-state index in [4.69, 9.17) is 4.74 Å². The first-order valence-electron chi connectivity index (χ1n) is 6.76. The van der Waals surface area contributed by atoms with Crippen LogP contribution in [0.1, 0.15) is 41.8 Å². The number of hydrogen-bond acceptors (Lipinski definition) is 3. The van der Waals surface area contributed by atoms with Gasteiger partial charge in [0.1, 0.15) is 17.4 Å². The predicted molar refractivity (Wildman–Crippen MR) is 77.6 cm³/mol. The van der Waals surface area contributed by atoms with Crippen molar-refractivity contribution >= 4 is 5.97 Å². The predicted octanol–water partition coefficient (Wildman–Crippen LogP) is 4.09. The Kier molecular flexibility index (Phi) is 4.77. The molecule has 0 saturated heterocycles. The van der Waals surface area contributed by atoms with Crippen LogP contribution in [-0.2, 0) is 4.74 Å². The first-order chi connectivity index (χ1) is 9.72. The van der Waals surface area contributed by atoms with Crippen molar-refractivity contribution in [3.63, 3.8) is 0 Å². The SMILES string of the molecule is CCCC(OC(=O)c1ccccc1O)c1ccccc1. The molecule has 0 heterocycles. The van der Waals surface area contributed by atoms with Gasteiger partial charge in [-0.2, -0.15) is 0 Å². The number of carbonyl (C=O) groups is 1. The number of esters is 1. The fourth-order valence-corrected chi connectivity index (χ4v) is 2.06. The van der Waals surface area contributed by atoms with Crippen LogP contribution < -0.4 is 0 Å². The summed E-state index contributed by atoms with van der Waals surface area (Å²) in [6, 6.07) is 16.1. The molecular formula is C17H18O3. The third-order valence-electron chi connectivity index (χ3n) is 3.10. The van der Waals surface area contributed by atoms with Crippen molar-refractivity contribution in [3.8, 4) is 5.75 Å². The van der Waals surface area contributed by atoms with Gasteiger partial charge in [0.2, 0.25) is 0 Å². The monoisotopic (exact) mass is 270 g/mol. The Bertz CT molecular complexity index is 563. The zero-order chi connectivity index (χ0) is 14.4. The highest BCUT2D eigenvalue weighted by Crippen LogP contribution is 2.26. The van der Waals surface area contributed by atoms with E-state index in [1.807, 2.05) is 37.3 Å². The molecule has 1 unspecified atom stereocenters. The lowest BCUT2D eigenvalue weighted by molar-refractivity contribution is 0.0272. The van der Waals surface area contributed by atoms with Crippen LogP contribution in [-0.4, -0.2) is 11.1 Å². The molecule has 0 aromatic heterocycles. The Morgan fingerprint density at radius 1 is 1.10 bits per heavy atom. The Hall–Kier alpha value is -2.29. The molecule has 0 fully saturated rings. The van der Waals surface area contributed by atoms with Gasteiger partial charge >= 0.3 is 5.97 Å². The Labute approximate surface area is 118 Å². The van der Waals surface area contributed by atoms with Crippen LogP contribution >= 0.6 is 0 Å². The van der Waals surface area contributed by atoms with Crippen LogP contribution in [0, 0.1) is 0 Å². The highest BCUT2D eigenvalue weighted by molar-refractivity contribution is 5.92. The van der Waals surface area contributed by atoms with Gasteiger partial charge in [-0.15, -0.1) is 0 Å². The minimum absolute atomic E-state index is 0.0548. The second-order valence-electron chi connectivity index (χ2n) is 4.61. The quantitative estimate of drug-likeness (QED) is 0.832. The van der Waals surface area contributed by atoms with Crippen molar-refractivity contribution in [2.45, 2.75) is 25.9 Å². The Morgan fingerprint density at radius 3 is 2.40 bits per heavy atom. The van der Waals surface area contributed by atoms with Crippen molar-refractivity contribution in [2.24, 2.45) is 0 Å². The first kappa shape index (κ1) is 14.1. The van der Waals surface area contributed by atoms with Crippen LogP contribution in [0.2, 0.25) is 0 Å². The lowest BCUT2D eigenvalue weighted by Crippen LogP contribution is -2.12. The third-order valence-corrected chi connectivity index (χ3v) is 3.10. The molecule has 1 atom stereocenters. The van der Waals surface area contributed by atoms with E-state index in [-0.39, 0.29) is 17.4 Å². The number of hydrogen-bond donors (Lipinski definition) is 1. The van der Waals surface area contributed by atoms with Gasteiger partial charge in [-0.1, -0.05) is 55.8 Å². The molecular weight excluding hydrogens is 252 g/mol. The molecule has 0 aliphatic rings. The molecule has 2 aromatic rings. The summed E-state index contributed by atoms with van der Waals surface area (Å²) in [5, 5.41) is 9.69. The van der Waals surface area contributed by atoms with E-state index in [1.165, 1.54) is 6.07 Å². The molecule has 1 N–H and O–H groups in total. The lowest BCUT2D eigenvalue weighted by atomic mass is 10.1. The molecule has 0 aliphatic carbocycles. The number of phenols is 1. The van der Waals surface area contributed by atoms with E-state index in [0.29, 0.717) is 0 Å². The van der Waals surface area contributed by atoms with Crippen molar-refractivity contribution < 1.29 is 14.6 Å². The summed E-state index contributed by atoms with van der Waals surface area (Å²) >= 11 is 0. The Balaban J connectivity index is 2.17. The van der Waals surface area contributed by atoms with E-state index in [2.05, 4.69) is 0 Å². The van der Waals surface area contributed by atoms with Gasteiger partial charge in [0, 0.05) is 0 Å². The van der Waals surface area contributed by atoms with E-state index >= 15 is 0 Å². The van der Waals surface area contributed by atoms with Gasteiger partial charge in [-0.3, -0.25) is 0 Å². The van der Waals surface area contributed by atoms with Crippen LogP contribution in [0.4, 0.5) is 0 Å². The average Bonchev–Trinajstić information content (AvgIpc) is 2.48. The number of benzene rings is 2.